The zero-order valence-electron chi connectivity index (χ0n) is 15.2. The van der Waals surface area contributed by atoms with Gasteiger partial charge in [0, 0.05) is 51.9 Å². The maximum atomic E-state index is 12.8. The molecule has 1 amide bonds. The Labute approximate surface area is 155 Å². The monoisotopic (exact) mass is 381 g/mol. The largest absolute Gasteiger partial charge is 0.383 e. The lowest BCUT2D eigenvalue weighted by atomic mass is 10.2. The molecule has 26 heavy (non-hydrogen) atoms. The molecule has 1 aromatic carbocycles. The number of amides is 1. The summed E-state index contributed by atoms with van der Waals surface area (Å²) in [4.78, 5) is 17.1. The third-order valence-corrected chi connectivity index (χ3v) is 6.32. The topological polar surface area (TPSA) is 78.9 Å². The van der Waals surface area contributed by atoms with E-state index in [-0.39, 0.29) is 17.3 Å². The van der Waals surface area contributed by atoms with Crippen LogP contribution in [0.15, 0.2) is 29.2 Å². The van der Waals surface area contributed by atoms with Gasteiger partial charge in [0.1, 0.15) is 0 Å². The first-order chi connectivity index (χ1) is 12.5. The lowest BCUT2D eigenvalue weighted by molar-refractivity contribution is 0.0632. The second-order valence-corrected chi connectivity index (χ2v) is 8.72. The van der Waals surface area contributed by atoms with Crippen LogP contribution in [-0.4, -0.2) is 77.1 Å². The highest BCUT2D eigenvalue weighted by molar-refractivity contribution is 7.89. The molecule has 144 valence electrons. The van der Waals surface area contributed by atoms with Crippen LogP contribution in [0, 0.1) is 5.92 Å². The molecular weight excluding hydrogens is 354 g/mol. The van der Waals surface area contributed by atoms with Crippen molar-refractivity contribution in [2.75, 3.05) is 53.0 Å². The molecule has 2 aliphatic rings. The Balaban J connectivity index is 1.61. The van der Waals surface area contributed by atoms with Crippen molar-refractivity contribution < 1.29 is 17.9 Å². The predicted molar refractivity (Wildman–Crippen MR) is 98.6 cm³/mol. The number of ether oxygens (including phenoxy) is 1. The van der Waals surface area contributed by atoms with Crippen molar-refractivity contribution >= 4 is 15.9 Å². The summed E-state index contributed by atoms with van der Waals surface area (Å²) in [5.41, 5.74) is 0.412. The molecule has 0 atom stereocenters. The van der Waals surface area contributed by atoms with E-state index in [1.54, 1.807) is 12.1 Å². The summed E-state index contributed by atoms with van der Waals surface area (Å²) in [5.74, 6) is 0.745. The number of hydrogen-bond acceptors (Lipinski definition) is 5. The molecule has 8 heteroatoms. The minimum Gasteiger partial charge on any atom is -0.383 e. The molecule has 1 saturated heterocycles. The van der Waals surface area contributed by atoms with Crippen LogP contribution in [0.2, 0.25) is 0 Å². The Morgan fingerprint density at radius 1 is 1.23 bits per heavy atom. The van der Waals surface area contributed by atoms with Gasteiger partial charge < -0.3 is 9.64 Å². The van der Waals surface area contributed by atoms with Gasteiger partial charge in [-0.15, -0.1) is 0 Å². The van der Waals surface area contributed by atoms with Crippen LogP contribution in [0.25, 0.3) is 0 Å². The van der Waals surface area contributed by atoms with Crippen LogP contribution in [0.4, 0.5) is 0 Å². The molecule has 0 unspecified atom stereocenters. The van der Waals surface area contributed by atoms with Crippen molar-refractivity contribution in [1.29, 1.82) is 0 Å². The predicted octanol–water partition coefficient (Wildman–Crippen LogP) is 0.779. The van der Waals surface area contributed by atoms with Gasteiger partial charge in [0.15, 0.2) is 0 Å². The first-order valence-electron chi connectivity index (χ1n) is 9.10. The third-order valence-electron chi connectivity index (χ3n) is 4.86. The number of hydrogen-bond donors (Lipinski definition) is 1. The summed E-state index contributed by atoms with van der Waals surface area (Å²) >= 11 is 0. The normalized spacial score (nSPS) is 18.9. The highest BCUT2D eigenvalue weighted by atomic mass is 32.2. The van der Waals surface area contributed by atoms with Crippen molar-refractivity contribution in [1.82, 2.24) is 14.5 Å². The summed E-state index contributed by atoms with van der Waals surface area (Å²) in [7, 11) is -2.13. The number of carbonyl (C=O) groups excluding carboxylic acids is 1. The van der Waals surface area contributed by atoms with Crippen molar-refractivity contribution in [3.05, 3.63) is 29.8 Å². The summed E-state index contributed by atoms with van der Waals surface area (Å²) in [6.45, 7) is 4.78. The van der Waals surface area contributed by atoms with Gasteiger partial charge in [0.25, 0.3) is 5.91 Å². The molecule has 3 rings (SSSR count). The fraction of sp³-hybridized carbons (Fsp3) is 0.611. The third kappa shape index (κ3) is 5.03. The van der Waals surface area contributed by atoms with E-state index >= 15 is 0 Å². The van der Waals surface area contributed by atoms with Crippen LogP contribution in [0.3, 0.4) is 0 Å². The quantitative estimate of drug-likeness (QED) is 0.673. The van der Waals surface area contributed by atoms with E-state index in [9.17, 15) is 13.2 Å². The number of carbonyl (C=O) groups is 1. The summed E-state index contributed by atoms with van der Waals surface area (Å²) in [6, 6.07) is 6.24. The van der Waals surface area contributed by atoms with Gasteiger partial charge in [0.05, 0.1) is 11.5 Å². The maximum Gasteiger partial charge on any atom is 0.253 e. The van der Waals surface area contributed by atoms with Crippen LogP contribution in [-0.2, 0) is 14.8 Å². The van der Waals surface area contributed by atoms with Gasteiger partial charge in [-0.2, -0.15) is 0 Å². The molecule has 0 bridgehead atoms. The minimum absolute atomic E-state index is 0.104. The fourth-order valence-corrected chi connectivity index (χ4v) is 4.20. The molecular formula is C18H27N3O4S. The highest BCUT2D eigenvalue weighted by Crippen LogP contribution is 2.30. The molecule has 1 aromatic rings. The van der Waals surface area contributed by atoms with Gasteiger partial charge in [-0.1, -0.05) is 6.07 Å². The summed E-state index contributed by atoms with van der Waals surface area (Å²) in [6.07, 6.45) is 2.66. The van der Waals surface area contributed by atoms with Gasteiger partial charge in [-0.05, 0) is 37.0 Å². The average Bonchev–Trinajstić information content (AvgIpc) is 3.46. The van der Waals surface area contributed by atoms with Gasteiger partial charge in [0.2, 0.25) is 10.0 Å². The Hall–Kier alpha value is -1.48. The van der Waals surface area contributed by atoms with E-state index < -0.39 is 10.0 Å². The Morgan fingerprint density at radius 3 is 2.62 bits per heavy atom. The van der Waals surface area contributed by atoms with Crippen molar-refractivity contribution in [3.63, 3.8) is 0 Å². The minimum atomic E-state index is -3.64. The van der Waals surface area contributed by atoms with E-state index in [4.69, 9.17) is 4.74 Å². The fourth-order valence-electron chi connectivity index (χ4n) is 3.14. The van der Waals surface area contributed by atoms with E-state index in [0.717, 1.165) is 25.6 Å². The number of sulfonamides is 1. The van der Waals surface area contributed by atoms with Gasteiger partial charge in [-0.3, -0.25) is 9.69 Å². The molecule has 1 aliphatic heterocycles. The van der Waals surface area contributed by atoms with Gasteiger partial charge in [-0.25, -0.2) is 13.1 Å². The van der Waals surface area contributed by atoms with Crippen LogP contribution in [0.5, 0.6) is 0 Å². The Bertz CT molecular complexity index is 726. The molecule has 1 aliphatic carbocycles. The first kappa shape index (κ1) is 19.3. The lowest BCUT2D eigenvalue weighted by Gasteiger charge is -2.34. The number of benzene rings is 1. The van der Waals surface area contributed by atoms with Crippen molar-refractivity contribution in [2.24, 2.45) is 5.92 Å². The molecule has 1 N–H and O–H groups in total. The molecule has 0 radical (unpaired) electrons. The Morgan fingerprint density at radius 2 is 1.96 bits per heavy atom. The van der Waals surface area contributed by atoms with Gasteiger partial charge >= 0.3 is 0 Å². The van der Waals surface area contributed by atoms with E-state index in [1.807, 2.05) is 4.90 Å². The van der Waals surface area contributed by atoms with Crippen molar-refractivity contribution in [3.8, 4) is 0 Å². The second kappa shape index (κ2) is 8.47. The van der Waals surface area contributed by atoms with Crippen LogP contribution in [0.1, 0.15) is 23.2 Å². The lowest BCUT2D eigenvalue weighted by Crippen LogP contribution is -2.49. The van der Waals surface area contributed by atoms with E-state index in [0.29, 0.717) is 25.3 Å². The number of nitrogens with one attached hydrogen (secondary N) is 1. The number of nitrogens with zero attached hydrogens (tertiary/aromatic N) is 2. The summed E-state index contributed by atoms with van der Waals surface area (Å²) < 4.78 is 31.9. The smallest absolute Gasteiger partial charge is 0.253 e. The number of methoxy groups -OCH3 is 1. The zero-order valence-corrected chi connectivity index (χ0v) is 16.0. The number of rotatable bonds is 8. The standard InChI is InChI=1S/C18H27N3O4S/c1-25-12-7-19-26(23,24)17-4-2-3-16(13-17)18(22)21-10-8-20(9-11-21)14-15-5-6-15/h2-4,13,15,19H,5-12,14H2,1H3. The molecule has 0 spiro atoms. The van der Waals surface area contributed by atoms with E-state index in [2.05, 4.69) is 9.62 Å². The molecule has 1 heterocycles. The average molecular weight is 381 g/mol. The molecule has 2 fully saturated rings. The molecule has 7 nitrogen and oxygen atoms in total. The summed E-state index contributed by atoms with van der Waals surface area (Å²) in [5, 5.41) is 0. The maximum absolute atomic E-state index is 12.8. The first-order valence-corrected chi connectivity index (χ1v) is 10.6. The number of piperazine rings is 1. The Kier molecular flexibility index (Phi) is 6.29. The second-order valence-electron chi connectivity index (χ2n) is 6.95. The van der Waals surface area contributed by atoms with Crippen LogP contribution < -0.4 is 4.72 Å². The molecule has 0 aromatic heterocycles. The van der Waals surface area contributed by atoms with E-state index in [1.165, 1.54) is 32.1 Å². The zero-order chi connectivity index (χ0) is 18.6. The molecule has 1 saturated carbocycles. The highest BCUT2D eigenvalue weighted by Gasteiger charge is 2.28. The van der Waals surface area contributed by atoms with Crippen molar-refractivity contribution in [2.45, 2.75) is 17.7 Å². The van der Waals surface area contributed by atoms with Crippen LogP contribution >= 0.6 is 0 Å². The SMILES string of the molecule is COCCNS(=O)(=O)c1cccc(C(=O)N2CCN(CC3CC3)CC2)c1.